The number of amides is 1. The van der Waals surface area contributed by atoms with Crippen molar-refractivity contribution >= 4 is 17.8 Å². The van der Waals surface area contributed by atoms with Gasteiger partial charge in [0.2, 0.25) is 0 Å². The van der Waals surface area contributed by atoms with Crippen LogP contribution in [0.5, 0.6) is 17.2 Å². The summed E-state index contributed by atoms with van der Waals surface area (Å²) >= 11 is 0. The number of nitro groups is 1. The Labute approximate surface area is 141 Å². The normalized spacial score (nSPS) is 12.8. The molecule has 0 saturated carbocycles. The van der Waals surface area contributed by atoms with Crippen LogP contribution in [-0.2, 0) is 0 Å². The van der Waals surface area contributed by atoms with E-state index in [1.165, 1.54) is 18.3 Å². The van der Waals surface area contributed by atoms with Crippen LogP contribution in [0.15, 0.2) is 41.5 Å². The molecule has 1 amide bonds. The maximum Gasteiger partial charge on any atom is 0.271 e. The van der Waals surface area contributed by atoms with E-state index in [4.69, 9.17) is 9.47 Å². The first-order chi connectivity index (χ1) is 12.0. The summed E-state index contributed by atoms with van der Waals surface area (Å²) in [5.74, 6) is -0.133. The molecule has 1 aliphatic rings. The third-order valence-corrected chi connectivity index (χ3v) is 3.36. The number of carbonyl (C=O) groups excluding carboxylic acids is 1. The van der Waals surface area contributed by atoms with Crippen LogP contribution in [0.2, 0.25) is 0 Å². The summed E-state index contributed by atoms with van der Waals surface area (Å²) in [6.07, 6.45) is 1.21. The van der Waals surface area contributed by atoms with Gasteiger partial charge in [-0.25, -0.2) is 5.43 Å². The Hall–Kier alpha value is -3.62. The summed E-state index contributed by atoms with van der Waals surface area (Å²) in [5, 5.41) is 25.8. The van der Waals surface area contributed by atoms with Crippen molar-refractivity contribution in [3.8, 4) is 17.2 Å². The van der Waals surface area contributed by atoms with Crippen molar-refractivity contribution in [2.75, 3.05) is 13.2 Å². The van der Waals surface area contributed by atoms with Gasteiger partial charge in [0.05, 0.1) is 11.1 Å². The monoisotopic (exact) mass is 342 g/mol. The zero-order chi connectivity index (χ0) is 17.8. The highest BCUT2D eigenvalue weighted by atomic mass is 16.6. The third kappa shape index (κ3) is 3.66. The molecule has 0 atom stereocenters. The highest BCUT2D eigenvalue weighted by Gasteiger charge is 2.14. The van der Waals surface area contributed by atoms with Gasteiger partial charge in [0.15, 0.2) is 11.5 Å². The van der Waals surface area contributed by atoms with E-state index in [2.05, 4.69) is 10.5 Å². The number of carbonyl (C=O) groups is 1. The Morgan fingerprint density at radius 1 is 1.16 bits per heavy atom. The predicted molar refractivity (Wildman–Crippen MR) is 85.0 cm³/mol. The van der Waals surface area contributed by atoms with Gasteiger partial charge in [-0.1, -0.05) is 12.1 Å². The molecule has 1 aliphatic heterocycles. The average molecular weight is 342 g/mol. The van der Waals surface area contributed by atoms with Crippen LogP contribution in [0.25, 0.3) is 0 Å². The molecule has 0 unspecified atom stereocenters. The lowest BCUT2D eigenvalue weighted by molar-refractivity contribution is -0.398. The van der Waals surface area contributed by atoms with Gasteiger partial charge < -0.3 is 14.6 Å². The summed E-state index contributed by atoms with van der Waals surface area (Å²) in [5.41, 5.74) is 2.39. The van der Waals surface area contributed by atoms with Gasteiger partial charge in [0, 0.05) is 17.2 Å². The summed E-state index contributed by atoms with van der Waals surface area (Å²) in [6.45, 7) is 0.863. The first-order valence-electron chi connectivity index (χ1n) is 7.23. The number of nitro benzene ring substituents is 1. The summed E-state index contributed by atoms with van der Waals surface area (Å²) < 4.78 is 10.8. The highest BCUT2D eigenvalue weighted by Crippen LogP contribution is 2.30. The number of rotatable bonds is 4. The first-order valence-corrected chi connectivity index (χ1v) is 7.23. The molecule has 128 valence electrons. The van der Waals surface area contributed by atoms with Crippen LogP contribution in [-0.4, -0.2) is 30.3 Å². The molecule has 25 heavy (non-hydrogen) atoms. The fourth-order valence-electron chi connectivity index (χ4n) is 2.17. The number of nitrogens with one attached hydrogen (secondary N) is 1. The highest BCUT2D eigenvalue weighted by molar-refractivity contribution is 5.95. The molecule has 2 aromatic rings. The number of hydrogen-bond acceptors (Lipinski definition) is 7. The Morgan fingerprint density at radius 2 is 1.92 bits per heavy atom. The molecular weight excluding hydrogens is 330 g/mol. The zero-order valence-corrected chi connectivity index (χ0v) is 12.8. The van der Waals surface area contributed by atoms with Gasteiger partial charge in [-0.2, -0.15) is 5.10 Å². The van der Waals surface area contributed by atoms with Crippen LogP contribution in [0, 0.1) is 10.1 Å². The summed E-state index contributed by atoms with van der Waals surface area (Å²) in [7, 11) is 0. The van der Waals surface area contributed by atoms with Crippen LogP contribution in [0.1, 0.15) is 15.9 Å². The standard InChI is InChI=1S/C16H13N3O6/c20-13-3-1-10(7-12(13)19(22)23)9-17-18-16(21)11-2-4-14-15(8-11)25-6-5-24-14/h1-4,7-9,20H,5-6H2,(H,18,21)/p-1/b17-9-. The minimum Gasteiger partial charge on any atom is -0.868 e. The Morgan fingerprint density at radius 3 is 2.68 bits per heavy atom. The Balaban J connectivity index is 1.69. The van der Waals surface area contributed by atoms with E-state index in [-0.39, 0.29) is 0 Å². The first kappa shape index (κ1) is 16.2. The van der Waals surface area contributed by atoms with Gasteiger partial charge >= 0.3 is 0 Å². The van der Waals surface area contributed by atoms with E-state index < -0.39 is 22.3 Å². The van der Waals surface area contributed by atoms with E-state index >= 15 is 0 Å². The molecule has 0 bridgehead atoms. The zero-order valence-electron chi connectivity index (χ0n) is 12.8. The molecule has 0 aliphatic carbocycles. The van der Waals surface area contributed by atoms with Crippen molar-refractivity contribution in [1.29, 1.82) is 0 Å². The molecule has 9 heteroatoms. The van der Waals surface area contributed by atoms with Crippen molar-refractivity contribution in [2.45, 2.75) is 0 Å². The molecule has 0 fully saturated rings. The van der Waals surface area contributed by atoms with E-state index in [1.54, 1.807) is 12.1 Å². The second kappa shape index (κ2) is 6.87. The van der Waals surface area contributed by atoms with Crippen molar-refractivity contribution in [3.05, 3.63) is 57.6 Å². The van der Waals surface area contributed by atoms with Crippen LogP contribution in [0.3, 0.4) is 0 Å². The van der Waals surface area contributed by atoms with Gasteiger partial charge in [0.1, 0.15) is 13.2 Å². The minimum atomic E-state index is -0.770. The van der Waals surface area contributed by atoms with E-state index in [1.807, 2.05) is 0 Å². The molecule has 2 aromatic carbocycles. The fraction of sp³-hybridized carbons (Fsp3) is 0.125. The number of fused-ring (bicyclic) bond motifs is 1. The minimum absolute atomic E-state index is 0.314. The average Bonchev–Trinajstić information content (AvgIpc) is 2.62. The molecule has 0 spiro atoms. The second-order valence-electron chi connectivity index (χ2n) is 5.04. The third-order valence-electron chi connectivity index (χ3n) is 3.36. The summed E-state index contributed by atoms with van der Waals surface area (Å²) in [6, 6.07) is 8.26. The lowest BCUT2D eigenvalue weighted by Gasteiger charge is -2.18. The molecule has 3 rings (SSSR count). The van der Waals surface area contributed by atoms with E-state index in [0.717, 1.165) is 12.1 Å². The van der Waals surface area contributed by atoms with Crippen molar-refractivity contribution in [1.82, 2.24) is 5.43 Å². The number of hydrazone groups is 1. The molecule has 9 nitrogen and oxygen atoms in total. The molecule has 0 saturated heterocycles. The molecule has 0 aromatic heterocycles. The van der Waals surface area contributed by atoms with Gasteiger partial charge in [-0.15, -0.1) is 0 Å². The molecule has 1 N–H and O–H groups in total. The molecular formula is C16H12N3O6-. The quantitative estimate of drug-likeness (QED) is 0.505. The maximum atomic E-state index is 12.1. The van der Waals surface area contributed by atoms with Crippen LogP contribution in [0.4, 0.5) is 5.69 Å². The lowest BCUT2D eigenvalue weighted by Crippen LogP contribution is -2.19. The number of hydrogen-bond donors (Lipinski definition) is 1. The van der Waals surface area contributed by atoms with Gasteiger partial charge in [-0.05, 0) is 23.9 Å². The van der Waals surface area contributed by atoms with E-state index in [9.17, 15) is 20.0 Å². The number of nitrogens with zero attached hydrogens (tertiary/aromatic N) is 2. The Bertz CT molecular complexity index is 865. The smallest absolute Gasteiger partial charge is 0.271 e. The molecule has 0 radical (unpaired) electrons. The molecule has 1 heterocycles. The van der Waals surface area contributed by atoms with Crippen LogP contribution < -0.4 is 20.0 Å². The lowest BCUT2D eigenvalue weighted by atomic mass is 10.2. The van der Waals surface area contributed by atoms with E-state index in [0.29, 0.717) is 35.8 Å². The Kier molecular flexibility index (Phi) is 4.46. The van der Waals surface area contributed by atoms with Crippen LogP contribution >= 0.6 is 0 Å². The fourth-order valence-corrected chi connectivity index (χ4v) is 2.17. The number of benzene rings is 2. The SMILES string of the molecule is O=C(N/N=C\c1ccc([O-])c([N+](=O)[O-])c1)c1ccc2c(c1)OCCO2. The van der Waals surface area contributed by atoms with Crippen molar-refractivity contribution < 1.29 is 24.3 Å². The predicted octanol–water partition coefficient (Wildman–Crippen LogP) is 1.20. The van der Waals surface area contributed by atoms with Crippen molar-refractivity contribution in [2.24, 2.45) is 5.10 Å². The topological polar surface area (TPSA) is 126 Å². The number of ether oxygens (including phenoxy) is 2. The second-order valence-corrected chi connectivity index (χ2v) is 5.04. The van der Waals surface area contributed by atoms with Gasteiger partial charge in [-0.3, -0.25) is 14.9 Å². The largest absolute Gasteiger partial charge is 0.868 e. The maximum absolute atomic E-state index is 12.1. The van der Waals surface area contributed by atoms with Gasteiger partial charge in [0.25, 0.3) is 11.6 Å². The van der Waals surface area contributed by atoms with Crippen molar-refractivity contribution in [3.63, 3.8) is 0 Å². The summed E-state index contributed by atoms with van der Waals surface area (Å²) in [4.78, 5) is 22.0.